The Hall–Kier alpha value is -3.45. The molecule has 1 amide bonds. The third-order valence-corrected chi connectivity index (χ3v) is 7.98. The Bertz CT molecular complexity index is 1390. The molecule has 38 heavy (non-hydrogen) atoms. The fourth-order valence-corrected chi connectivity index (χ4v) is 5.99. The summed E-state index contributed by atoms with van der Waals surface area (Å²) in [5.74, 6) is -1.25. The van der Waals surface area contributed by atoms with Crippen molar-refractivity contribution in [1.82, 2.24) is 19.1 Å². The third-order valence-electron chi connectivity index (χ3n) is 6.12. The van der Waals surface area contributed by atoms with Crippen LogP contribution in [0.2, 0.25) is 0 Å². The Morgan fingerprint density at radius 3 is 2.45 bits per heavy atom. The molecule has 1 unspecified atom stereocenters. The molecule has 9 nitrogen and oxygen atoms in total. The van der Waals surface area contributed by atoms with Gasteiger partial charge in [-0.1, -0.05) is 6.07 Å². The Morgan fingerprint density at radius 1 is 1.13 bits per heavy atom. The highest BCUT2D eigenvalue weighted by molar-refractivity contribution is 7.89. The van der Waals surface area contributed by atoms with Gasteiger partial charge in [-0.05, 0) is 69.2 Å². The SMILES string of the molecule is CC(C)Oc1ccc(N(C(=O)C(F)(F)F)c2cccc(S(=O)(=O)N3CCCC(c4nncn4C)C3)c2)cc1. The van der Waals surface area contributed by atoms with Crippen molar-refractivity contribution in [3.05, 3.63) is 60.7 Å². The van der Waals surface area contributed by atoms with Gasteiger partial charge < -0.3 is 9.30 Å². The predicted octanol–water partition coefficient (Wildman–Crippen LogP) is 4.40. The summed E-state index contributed by atoms with van der Waals surface area (Å²) in [6.07, 6.45) is -2.50. The summed E-state index contributed by atoms with van der Waals surface area (Å²) in [4.78, 5) is 12.7. The van der Waals surface area contributed by atoms with Gasteiger partial charge >= 0.3 is 12.1 Å². The number of hydrogen-bond acceptors (Lipinski definition) is 6. The standard InChI is InChI=1S/C25H28F3N5O4S/c1-17(2)37-21-11-9-19(10-12-21)33(24(34)25(26,27)28)20-7-4-8-22(14-20)38(35,36)32-13-5-6-18(15-32)23-30-29-16-31(23)3/h4,7-12,14,16-18H,5-6,13,15H2,1-3H3. The molecule has 0 N–H and O–H groups in total. The molecule has 1 saturated heterocycles. The number of carbonyl (C=O) groups is 1. The van der Waals surface area contributed by atoms with Crippen LogP contribution in [0.15, 0.2) is 59.8 Å². The van der Waals surface area contributed by atoms with E-state index in [1.807, 2.05) is 0 Å². The number of piperidine rings is 1. The van der Waals surface area contributed by atoms with Gasteiger partial charge in [0.1, 0.15) is 17.9 Å². The summed E-state index contributed by atoms with van der Waals surface area (Å²) in [6, 6.07) is 10.5. The van der Waals surface area contributed by atoms with Crippen molar-refractivity contribution in [2.24, 2.45) is 7.05 Å². The van der Waals surface area contributed by atoms with Gasteiger partial charge in [-0.25, -0.2) is 8.42 Å². The van der Waals surface area contributed by atoms with E-state index in [1.54, 1.807) is 31.8 Å². The largest absolute Gasteiger partial charge is 0.491 e. The summed E-state index contributed by atoms with van der Waals surface area (Å²) < 4.78 is 76.5. The van der Waals surface area contributed by atoms with E-state index in [4.69, 9.17) is 4.74 Å². The molecule has 3 aromatic rings. The average molecular weight is 552 g/mol. The van der Waals surface area contributed by atoms with E-state index in [2.05, 4.69) is 10.2 Å². The van der Waals surface area contributed by atoms with Crippen LogP contribution in [0.1, 0.15) is 38.4 Å². The van der Waals surface area contributed by atoms with Crippen LogP contribution in [0.4, 0.5) is 24.5 Å². The Balaban J connectivity index is 1.68. The van der Waals surface area contributed by atoms with Crippen molar-refractivity contribution in [2.75, 3.05) is 18.0 Å². The van der Waals surface area contributed by atoms with Gasteiger partial charge in [0.15, 0.2) is 0 Å². The van der Waals surface area contributed by atoms with E-state index in [9.17, 15) is 26.4 Å². The predicted molar refractivity (Wildman–Crippen MR) is 134 cm³/mol. The summed E-state index contributed by atoms with van der Waals surface area (Å²) in [5, 5.41) is 7.96. The molecule has 1 aliphatic heterocycles. The van der Waals surface area contributed by atoms with Gasteiger partial charge in [-0.2, -0.15) is 17.5 Å². The number of nitrogens with zero attached hydrogens (tertiary/aromatic N) is 5. The zero-order valence-corrected chi connectivity index (χ0v) is 21.9. The van der Waals surface area contributed by atoms with Crippen LogP contribution in [0.3, 0.4) is 0 Å². The zero-order valence-electron chi connectivity index (χ0n) is 21.1. The van der Waals surface area contributed by atoms with Crippen LogP contribution < -0.4 is 9.64 Å². The highest BCUT2D eigenvalue weighted by atomic mass is 32.2. The first-order valence-corrected chi connectivity index (χ1v) is 13.4. The van der Waals surface area contributed by atoms with Gasteiger partial charge in [0.05, 0.1) is 16.7 Å². The molecule has 4 rings (SSSR count). The minimum atomic E-state index is -5.20. The number of ether oxygens (including phenoxy) is 1. The maximum absolute atomic E-state index is 13.6. The van der Waals surface area contributed by atoms with Crippen LogP contribution in [-0.4, -0.2) is 58.8 Å². The van der Waals surface area contributed by atoms with Crippen molar-refractivity contribution in [2.45, 2.75) is 49.8 Å². The first-order valence-electron chi connectivity index (χ1n) is 12.0. The number of benzene rings is 2. The summed E-state index contributed by atoms with van der Waals surface area (Å²) in [6.45, 7) is 4.01. The number of alkyl halides is 3. The number of carbonyl (C=O) groups excluding carboxylic acids is 1. The van der Waals surface area contributed by atoms with Gasteiger partial charge in [0, 0.05) is 31.7 Å². The number of anilines is 2. The number of sulfonamides is 1. The highest BCUT2D eigenvalue weighted by Crippen LogP contribution is 2.35. The molecular weight excluding hydrogens is 523 g/mol. The van der Waals surface area contributed by atoms with Crippen molar-refractivity contribution < 1.29 is 31.1 Å². The zero-order chi connectivity index (χ0) is 27.7. The van der Waals surface area contributed by atoms with E-state index < -0.39 is 22.1 Å². The quantitative estimate of drug-likeness (QED) is 0.432. The van der Waals surface area contributed by atoms with Gasteiger partial charge in [0.2, 0.25) is 10.0 Å². The average Bonchev–Trinajstić information content (AvgIpc) is 3.30. The van der Waals surface area contributed by atoms with Crippen molar-refractivity contribution in [3.8, 4) is 5.75 Å². The number of halogens is 3. The Labute approximate surface area is 218 Å². The molecule has 13 heteroatoms. The molecule has 0 saturated carbocycles. The summed E-state index contributed by atoms with van der Waals surface area (Å²) >= 11 is 0. The highest BCUT2D eigenvalue weighted by Gasteiger charge is 2.44. The molecule has 2 heterocycles. The fraction of sp³-hybridized carbons (Fsp3) is 0.400. The van der Waals surface area contributed by atoms with Crippen LogP contribution in [0.5, 0.6) is 5.75 Å². The van der Waals surface area contributed by atoms with Crippen LogP contribution in [0.25, 0.3) is 0 Å². The Morgan fingerprint density at radius 2 is 1.84 bits per heavy atom. The van der Waals surface area contributed by atoms with Gasteiger partial charge in [0.25, 0.3) is 0 Å². The first-order chi connectivity index (χ1) is 17.9. The number of rotatable bonds is 7. The minimum Gasteiger partial charge on any atom is -0.491 e. The summed E-state index contributed by atoms with van der Waals surface area (Å²) in [7, 11) is -2.30. The van der Waals surface area contributed by atoms with E-state index in [-0.39, 0.29) is 41.4 Å². The molecule has 1 atom stereocenters. The first kappa shape index (κ1) is 27.6. The second-order valence-electron chi connectivity index (χ2n) is 9.30. The molecule has 0 aliphatic carbocycles. The third kappa shape index (κ3) is 5.83. The van der Waals surface area contributed by atoms with Crippen LogP contribution >= 0.6 is 0 Å². The maximum atomic E-state index is 13.6. The fourth-order valence-electron chi connectivity index (χ4n) is 4.42. The summed E-state index contributed by atoms with van der Waals surface area (Å²) in [5.41, 5.74) is -0.314. The normalized spacial score (nSPS) is 17.0. The molecule has 0 spiro atoms. The lowest BCUT2D eigenvalue weighted by molar-refractivity contribution is -0.169. The second kappa shape index (κ2) is 10.7. The number of hydrogen-bond donors (Lipinski definition) is 0. The number of aryl methyl sites for hydroxylation is 1. The molecule has 1 aliphatic rings. The Kier molecular flexibility index (Phi) is 7.79. The number of aromatic nitrogens is 3. The molecule has 1 fully saturated rings. The van der Waals surface area contributed by atoms with Gasteiger partial charge in [-0.3, -0.25) is 9.69 Å². The molecule has 1 aromatic heterocycles. The van der Waals surface area contributed by atoms with Gasteiger partial charge in [-0.15, -0.1) is 10.2 Å². The number of amides is 1. The molecule has 0 bridgehead atoms. The van der Waals surface area contributed by atoms with E-state index >= 15 is 0 Å². The second-order valence-corrected chi connectivity index (χ2v) is 11.2. The van der Waals surface area contributed by atoms with Crippen LogP contribution in [-0.2, 0) is 21.9 Å². The van der Waals surface area contributed by atoms with E-state index in [0.717, 1.165) is 12.5 Å². The monoisotopic (exact) mass is 551 g/mol. The topological polar surface area (TPSA) is 97.6 Å². The lowest BCUT2D eigenvalue weighted by Gasteiger charge is -2.31. The molecular formula is C25H28F3N5O4S. The molecule has 0 radical (unpaired) electrons. The van der Waals surface area contributed by atoms with Crippen molar-refractivity contribution in [3.63, 3.8) is 0 Å². The minimum absolute atomic E-state index is 0.0849. The van der Waals surface area contributed by atoms with E-state index in [0.29, 0.717) is 22.9 Å². The van der Waals surface area contributed by atoms with Crippen molar-refractivity contribution >= 4 is 27.3 Å². The van der Waals surface area contributed by atoms with Crippen LogP contribution in [0, 0.1) is 0 Å². The van der Waals surface area contributed by atoms with Crippen molar-refractivity contribution in [1.29, 1.82) is 0 Å². The lowest BCUT2D eigenvalue weighted by Crippen LogP contribution is -2.40. The lowest BCUT2D eigenvalue weighted by atomic mass is 9.99. The molecule has 2 aromatic carbocycles. The smallest absolute Gasteiger partial charge is 0.472 e. The van der Waals surface area contributed by atoms with E-state index in [1.165, 1.54) is 46.8 Å². The molecule has 204 valence electrons. The maximum Gasteiger partial charge on any atom is 0.472 e.